The summed E-state index contributed by atoms with van der Waals surface area (Å²) >= 11 is 6.02. The minimum Gasteiger partial charge on any atom is -0.267 e. The highest BCUT2D eigenvalue weighted by molar-refractivity contribution is 6.34. The molecule has 0 N–H and O–H groups in total. The molecule has 1 heterocycles. The van der Waals surface area contributed by atoms with Crippen molar-refractivity contribution in [3.8, 4) is 0 Å². The van der Waals surface area contributed by atoms with Crippen molar-refractivity contribution in [3.05, 3.63) is 33.6 Å². The fraction of sp³-hybridized carbons (Fsp3) is 0.500. The maximum atomic E-state index is 12.3. The molecule has 2 aliphatic rings. The van der Waals surface area contributed by atoms with Crippen molar-refractivity contribution < 1.29 is 0 Å². The molecule has 4 rings (SSSR count). The van der Waals surface area contributed by atoms with Gasteiger partial charge >= 0.3 is 0 Å². The SMILES string of the molecule is O=c1c2cccc(Cl)c2nnn1CC1CC2(CC2)C1. The Morgan fingerprint density at radius 3 is 2.89 bits per heavy atom. The van der Waals surface area contributed by atoms with Crippen LogP contribution in [0.25, 0.3) is 10.9 Å². The van der Waals surface area contributed by atoms with Crippen molar-refractivity contribution in [1.29, 1.82) is 0 Å². The fourth-order valence-corrected chi connectivity index (χ4v) is 3.52. The van der Waals surface area contributed by atoms with Crippen LogP contribution in [0.2, 0.25) is 5.02 Å². The number of hydrogen-bond acceptors (Lipinski definition) is 3. The lowest BCUT2D eigenvalue weighted by Gasteiger charge is -2.35. The number of halogens is 1. The van der Waals surface area contributed by atoms with Gasteiger partial charge in [0, 0.05) is 6.54 Å². The van der Waals surface area contributed by atoms with E-state index in [1.54, 1.807) is 18.2 Å². The lowest BCUT2D eigenvalue weighted by Crippen LogP contribution is -2.34. The summed E-state index contributed by atoms with van der Waals surface area (Å²) in [5.74, 6) is 0.589. The predicted molar refractivity (Wildman–Crippen MR) is 73.2 cm³/mol. The second-order valence-corrected chi connectivity index (χ2v) is 6.39. The zero-order valence-electron chi connectivity index (χ0n) is 10.5. The molecule has 2 saturated carbocycles. The fourth-order valence-electron chi connectivity index (χ4n) is 3.31. The minimum atomic E-state index is -0.0794. The Morgan fingerprint density at radius 2 is 2.16 bits per heavy atom. The first-order valence-electron chi connectivity index (χ1n) is 6.69. The third kappa shape index (κ3) is 1.77. The van der Waals surface area contributed by atoms with Crippen molar-refractivity contribution in [3.63, 3.8) is 0 Å². The van der Waals surface area contributed by atoms with Crippen LogP contribution in [0, 0.1) is 11.3 Å². The van der Waals surface area contributed by atoms with Gasteiger partial charge < -0.3 is 0 Å². The van der Waals surface area contributed by atoms with Crippen molar-refractivity contribution in [2.24, 2.45) is 11.3 Å². The standard InChI is InChI=1S/C14H14ClN3O/c15-11-3-1-2-10-12(11)16-17-18(13(10)19)8-9-6-14(7-9)4-5-14/h1-3,9H,4-8H2. The molecule has 1 aromatic carbocycles. The van der Waals surface area contributed by atoms with E-state index in [0.29, 0.717) is 33.8 Å². The monoisotopic (exact) mass is 275 g/mol. The van der Waals surface area contributed by atoms with Gasteiger partial charge in [0.05, 0.1) is 10.4 Å². The maximum Gasteiger partial charge on any atom is 0.277 e. The number of aromatic nitrogens is 3. The zero-order chi connectivity index (χ0) is 13.0. The van der Waals surface area contributed by atoms with Gasteiger partial charge in [-0.2, -0.15) is 0 Å². The first-order valence-corrected chi connectivity index (χ1v) is 7.07. The lowest BCUT2D eigenvalue weighted by atomic mass is 9.72. The molecule has 0 unspecified atom stereocenters. The molecule has 2 aromatic rings. The third-order valence-electron chi connectivity index (χ3n) is 4.54. The largest absolute Gasteiger partial charge is 0.277 e. The van der Waals surface area contributed by atoms with E-state index in [4.69, 9.17) is 11.6 Å². The van der Waals surface area contributed by atoms with Crippen LogP contribution in [0.4, 0.5) is 0 Å². The number of rotatable bonds is 2. The number of fused-ring (bicyclic) bond motifs is 1. The maximum absolute atomic E-state index is 12.3. The predicted octanol–water partition coefficient (Wildman–Crippen LogP) is 2.64. The minimum absolute atomic E-state index is 0.0794. The molecule has 1 spiro atoms. The summed E-state index contributed by atoms with van der Waals surface area (Å²) in [7, 11) is 0. The molecular weight excluding hydrogens is 262 g/mol. The van der Waals surface area contributed by atoms with Crippen LogP contribution < -0.4 is 5.56 Å². The van der Waals surface area contributed by atoms with E-state index in [1.807, 2.05) is 0 Å². The molecular formula is C14H14ClN3O. The van der Waals surface area contributed by atoms with Gasteiger partial charge in [0.2, 0.25) is 0 Å². The summed E-state index contributed by atoms with van der Waals surface area (Å²) in [6.07, 6.45) is 5.23. The highest BCUT2D eigenvalue weighted by Crippen LogP contribution is 2.63. The average molecular weight is 276 g/mol. The summed E-state index contributed by atoms with van der Waals surface area (Å²) < 4.78 is 1.50. The van der Waals surface area contributed by atoms with E-state index in [-0.39, 0.29) is 5.56 Å². The first kappa shape index (κ1) is 11.4. The quantitative estimate of drug-likeness (QED) is 0.846. The summed E-state index contributed by atoms with van der Waals surface area (Å²) in [5, 5.41) is 9.15. The number of benzene rings is 1. The van der Waals surface area contributed by atoms with E-state index in [9.17, 15) is 4.79 Å². The van der Waals surface area contributed by atoms with Gasteiger partial charge in [0.1, 0.15) is 5.52 Å². The normalized spacial score (nSPS) is 20.7. The Morgan fingerprint density at radius 1 is 1.37 bits per heavy atom. The molecule has 0 atom stereocenters. The molecule has 0 amide bonds. The smallest absolute Gasteiger partial charge is 0.267 e. The molecule has 5 heteroatoms. The highest BCUT2D eigenvalue weighted by atomic mass is 35.5. The van der Waals surface area contributed by atoms with Crippen LogP contribution in [0.15, 0.2) is 23.0 Å². The zero-order valence-corrected chi connectivity index (χ0v) is 11.2. The van der Waals surface area contributed by atoms with Gasteiger partial charge in [-0.25, -0.2) is 4.68 Å². The molecule has 2 fully saturated rings. The Labute approximate surface area is 115 Å². The van der Waals surface area contributed by atoms with Crippen molar-refractivity contribution in [2.75, 3.05) is 0 Å². The van der Waals surface area contributed by atoms with Gasteiger partial charge in [-0.3, -0.25) is 4.79 Å². The molecule has 19 heavy (non-hydrogen) atoms. The van der Waals surface area contributed by atoms with E-state index < -0.39 is 0 Å². The molecule has 0 bridgehead atoms. The van der Waals surface area contributed by atoms with E-state index >= 15 is 0 Å². The van der Waals surface area contributed by atoms with Crippen molar-refractivity contribution >= 4 is 22.5 Å². The molecule has 4 nitrogen and oxygen atoms in total. The lowest BCUT2D eigenvalue weighted by molar-refractivity contribution is 0.141. The van der Waals surface area contributed by atoms with E-state index in [2.05, 4.69) is 10.3 Å². The molecule has 2 aliphatic carbocycles. The van der Waals surface area contributed by atoms with Crippen molar-refractivity contribution in [2.45, 2.75) is 32.2 Å². The van der Waals surface area contributed by atoms with Gasteiger partial charge in [-0.15, -0.1) is 5.10 Å². The topological polar surface area (TPSA) is 47.8 Å². The van der Waals surface area contributed by atoms with Crippen LogP contribution in [0.5, 0.6) is 0 Å². The Balaban J connectivity index is 1.67. The van der Waals surface area contributed by atoms with Gasteiger partial charge in [0.25, 0.3) is 5.56 Å². The second kappa shape index (κ2) is 3.79. The Hall–Kier alpha value is -1.42. The van der Waals surface area contributed by atoms with Gasteiger partial charge in [0.15, 0.2) is 0 Å². The molecule has 0 aliphatic heterocycles. The van der Waals surface area contributed by atoms with Crippen LogP contribution in [-0.2, 0) is 6.54 Å². The average Bonchev–Trinajstić information content (AvgIpc) is 3.13. The second-order valence-electron chi connectivity index (χ2n) is 5.99. The van der Waals surface area contributed by atoms with Gasteiger partial charge in [-0.05, 0) is 49.1 Å². The third-order valence-corrected chi connectivity index (χ3v) is 4.84. The summed E-state index contributed by atoms with van der Waals surface area (Å²) in [6.45, 7) is 0.691. The van der Waals surface area contributed by atoms with E-state index in [0.717, 1.165) is 0 Å². The van der Waals surface area contributed by atoms with E-state index in [1.165, 1.54) is 30.4 Å². The van der Waals surface area contributed by atoms with Crippen LogP contribution in [0.3, 0.4) is 0 Å². The molecule has 1 aromatic heterocycles. The Bertz CT molecular complexity index is 712. The summed E-state index contributed by atoms with van der Waals surface area (Å²) in [5.41, 5.74) is 1.07. The molecule has 0 radical (unpaired) electrons. The number of hydrogen-bond donors (Lipinski definition) is 0. The van der Waals surface area contributed by atoms with Crippen molar-refractivity contribution in [1.82, 2.24) is 15.0 Å². The van der Waals surface area contributed by atoms with Crippen LogP contribution >= 0.6 is 11.6 Å². The Kier molecular flexibility index (Phi) is 2.28. The molecule has 98 valence electrons. The van der Waals surface area contributed by atoms with Crippen LogP contribution in [-0.4, -0.2) is 15.0 Å². The van der Waals surface area contributed by atoms with Gasteiger partial charge in [-0.1, -0.05) is 22.9 Å². The molecule has 0 saturated heterocycles. The summed E-state index contributed by atoms with van der Waals surface area (Å²) in [4.78, 5) is 12.3. The van der Waals surface area contributed by atoms with Crippen LogP contribution in [0.1, 0.15) is 25.7 Å². The first-order chi connectivity index (χ1) is 9.17. The highest BCUT2D eigenvalue weighted by Gasteiger charge is 2.52. The number of nitrogens with zero attached hydrogens (tertiary/aromatic N) is 3. The summed E-state index contributed by atoms with van der Waals surface area (Å²) in [6, 6.07) is 5.27.